The largest absolute Gasteiger partial charge is 0.309 e. The van der Waals surface area contributed by atoms with Crippen molar-refractivity contribution in [3.8, 4) is 44.8 Å². The van der Waals surface area contributed by atoms with Crippen LogP contribution >= 0.6 is 0 Å². The maximum atomic E-state index is 2.49. The van der Waals surface area contributed by atoms with Crippen LogP contribution in [-0.2, 0) is 0 Å². The molecule has 11 aromatic rings. The molecule has 0 unspecified atom stereocenters. The number of nitrogens with zero attached hydrogens (tertiary/aromatic N) is 2. The van der Waals surface area contributed by atoms with Gasteiger partial charge in [-0.25, -0.2) is 0 Å². The minimum atomic E-state index is 1.14. The molecule has 2 nitrogen and oxygen atoms in total. The molecule has 0 fully saturated rings. The molecule has 0 aliphatic rings. The third-order valence-corrected chi connectivity index (χ3v) is 11.0. The number of aromatic nitrogens is 2. The van der Waals surface area contributed by atoms with Crippen LogP contribution in [0.15, 0.2) is 206 Å². The Balaban J connectivity index is 1.24. The molecule has 0 saturated heterocycles. The van der Waals surface area contributed by atoms with E-state index in [2.05, 4.69) is 215 Å². The molecule has 0 aliphatic carbocycles. The molecule has 0 amide bonds. The third-order valence-electron chi connectivity index (χ3n) is 11.0. The first-order valence-corrected chi connectivity index (χ1v) is 18.6. The molecule has 0 saturated carbocycles. The van der Waals surface area contributed by atoms with Crippen molar-refractivity contribution in [2.45, 2.75) is 0 Å². The predicted octanol–water partition coefficient (Wildman–Crippen LogP) is 14.0. The second-order valence-corrected chi connectivity index (χ2v) is 14.1. The van der Waals surface area contributed by atoms with Crippen LogP contribution in [0.2, 0.25) is 0 Å². The molecule has 11 rings (SSSR count). The van der Waals surface area contributed by atoms with Gasteiger partial charge < -0.3 is 9.13 Å². The summed E-state index contributed by atoms with van der Waals surface area (Å²) in [5.74, 6) is 0. The van der Waals surface area contributed by atoms with Gasteiger partial charge in [0.2, 0.25) is 0 Å². The van der Waals surface area contributed by atoms with Crippen molar-refractivity contribution in [1.82, 2.24) is 9.13 Å². The average molecular weight is 687 g/mol. The molecular formula is C52H34N2. The fraction of sp³-hybridized carbons (Fsp3) is 0. The van der Waals surface area contributed by atoms with Gasteiger partial charge in [-0.05, 0) is 93.4 Å². The second-order valence-electron chi connectivity index (χ2n) is 14.1. The molecular weight excluding hydrogens is 653 g/mol. The zero-order chi connectivity index (χ0) is 35.6. The van der Waals surface area contributed by atoms with Gasteiger partial charge in [0, 0.05) is 32.6 Å². The monoisotopic (exact) mass is 686 g/mol. The third kappa shape index (κ3) is 4.74. The minimum absolute atomic E-state index is 1.14. The number of rotatable bonds is 5. The van der Waals surface area contributed by atoms with Crippen LogP contribution in [0.4, 0.5) is 0 Å². The molecule has 0 aliphatic heterocycles. The highest BCUT2D eigenvalue weighted by Crippen LogP contribution is 2.44. The molecule has 0 N–H and O–H groups in total. The molecule has 54 heavy (non-hydrogen) atoms. The van der Waals surface area contributed by atoms with E-state index in [0.29, 0.717) is 0 Å². The summed E-state index contributed by atoms with van der Waals surface area (Å²) in [6.07, 6.45) is 0. The van der Waals surface area contributed by atoms with Gasteiger partial charge in [0.15, 0.2) is 0 Å². The Morgan fingerprint density at radius 2 is 0.685 bits per heavy atom. The first kappa shape index (κ1) is 30.5. The van der Waals surface area contributed by atoms with Crippen molar-refractivity contribution in [2.75, 3.05) is 0 Å². The van der Waals surface area contributed by atoms with Crippen LogP contribution in [0, 0.1) is 0 Å². The normalized spacial score (nSPS) is 11.7. The number of hydrogen-bond donors (Lipinski definition) is 0. The van der Waals surface area contributed by atoms with Gasteiger partial charge in [0.25, 0.3) is 0 Å². The first-order chi connectivity index (χ1) is 26.8. The maximum absolute atomic E-state index is 2.49. The Bertz CT molecular complexity index is 3130. The van der Waals surface area contributed by atoms with E-state index < -0.39 is 0 Å². The molecule has 0 atom stereocenters. The fourth-order valence-corrected chi connectivity index (χ4v) is 8.66. The Morgan fingerprint density at radius 1 is 0.259 bits per heavy atom. The minimum Gasteiger partial charge on any atom is -0.309 e. The summed E-state index contributed by atoms with van der Waals surface area (Å²) < 4.78 is 4.97. The first-order valence-electron chi connectivity index (χ1n) is 18.6. The van der Waals surface area contributed by atoms with Crippen LogP contribution in [-0.4, -0.2) is 9.13 Å². The van der Waals surface area contributed by atoms with Crippen LogP contribution in [0.3, 0.4) is 0 Å². The fourth-order valence-electron chi connectivity index (χ4n) is 8.66. The Kier molecular flexibility index (Phi) is 6.90. The van der Waals surface area contributed by atoms with Gasteiger partial charge in [-0.1, -0.05) is 152 Å². The quantitative estimate of drug-likeness (QED) is 0.171. The van der Waals surface area contributed by atoms with Crippen molar-refractivity contribution >= 4 is 54.4 Å². The summed E-state index contributed by atoms with van der Waals surface area (Å²) in [6, 6.07) is 75.2. The zero-order valence-corrected chi connectivity index (χ0v) is 29.5. The van der Waals surface area contributed by atoms with Crippen molar-refractivity contribution < 1.29 is 0 Å². The molecule has 2 aromatic heterocycles. The van der Waals surface area contributed by atoms with E-state index in [4.69, 9.17) is 0 Å². The lowest BCUT2D eigenvalue weighted by molar-refractivity contribution is 1.18. The molecule has 9 aromatic carbocycles. The van der Waals surface area contributed by atoms with E-state index in [1.54, 1.807) is 0 Å². The van der Waals surface area contributed by atoms with Crippen LogP contribution in [0.1, 0.15) is 0 Å². The van der Waals surface area contributed by atoms with Gasteiger partial charge >= 0.3 is 0 Å². The van der Waals surface area contributed by atoms with Gasteiger partial charge in [-0.15, -0.1) is 0 Å². The molecule has 2 heteroatoms. The highest BCUT2D eigenvalue weighted by Gasteiger charge is 2.22. The number of hydrogen-bond acceptors (Lipinski definition) is 0. The molecule has 0 spiro atoms. The standard InChI is InChI=1S/C52H34N2/c1-4-16-35(17-5-1)39-31-40(36-18-6-2-7-19-36)33-42(32-39)53-46-26-14-12-24-44(46)51-48(53)28-29-49-52(51)45-25-13-15-27-47(45)54(49)50-34-41(37-20-8-3-9-21-37)30-38-22-10-11-23-43(38)50/h1-34H. The lowest BCUT2D eigenvalue weighted by Gasteiger charge is -2.15. The van der Waals surface area contributed by atoms with Crippen molar-refractivity contribution in [3.63, 3.8) is 0 Å². The molecule has 2 heterocycles. The summed E-state index contributed by atoms with van der Waals surface area (Å²) in [5.41, 5.74) is 14.3. The Morgan fingerprint density at radius 3 is 1.24 bits per heavy atom. The van der Waals surface area contributed by atoms with Crippen LogP contribution in [0.25, 0.3) is 99.1 Å². The lowest BCUT2D eigenvalue weighted by atomic mass is 9.98. The van der Waals surface area contributed by atoms with E-state index in [1.807, 2.05) is 0 Å². The van der Waals surface area contributed by atoms with E-state index in [0.717, 1.165) is 5.69 Å². The number of fused-ring (bicyclic) bond motifs is 8. The SMILES string of the molecule is c1ccc(-c2cc(-c3ccccc3)cc(-n3c4ccccc4c4c5c6ccccc6n(-c6cc(-c7ccccc7)cc7ccccc67)c5ccc43)c2)cc1. The smallest absolute Gasteiger partial charge is 0.0549 e. The summed E-state index contributed by atoms with van der Waals surface area (Å²) in [5, 5.41) is 7.50. The topological polar surface area (TPSA) is 9.86 Å². The highest BCUT2D eigenvalue weighted by atomic mass is 15.0. The molecule has 0 radical (unpaired) electrons. The van der Waals surface area contributed by atoms with Crippen molar-refractivity contribution in [2.24, 2.45) is 0 Å². The lowest BCUT2D eigenvalue weighted by Crippen LogP contribution is -1.97. The van der Waals surface area contributed by atoms with E-state index in [1.165, 1.54) is 93.5 Å². The van der Waals surface area contributed by atoms with E-state index in [-0.39, 0.29) is 0 Å². The highest BCUT2D eigenvalue weighted by molar-refractivity contribution is 6.29. The van der Waals surface area contributed by atoms with Crippen molar-refractivity contribution in [1.29, 1.82) is 0 Å². The van der Waals surface area contributed by atoms with E-state index in [9.17, 15) is 0 Å². The summed E-state index contributed by atoms with van der Waals surface area (Å²) in [4.78, 5) is 0. The van der Waals surface area contributed by atoms with Crippen LogP contribution in [0.5, 0.6) is 0 Å². The van der Waals surface area contributed by atoms with E-state index >= 15 is 0 Å². The number of para-hydroxylation sites is 2. The Labute approximate surface area is 313 Å². The van der Waals surface area contributed by atoms with Gasteiger partial charge in [-0.2, -0.15) is 0 Å². The Hall–Kier alpha value is -7.16. The summed E-state index contributed by atoms with van der Waals surface area (Å²) >= 11 is 0. The zero-order valence-electron chi connectivity index (χ0n) is 29.5. The van der Waals surface area contributed by atoms with Gasteiger partial charge in [0.1, 0.15) is 0 Å². The van der Waals surface area contributed by atoms with Gasteiger partial charge in [0.05, 0.1) is 27.8 Å². The molecule has 0 bridgehead atoms. The second kappa shape index (κ2) is 12.2. The summed E-state index contributed by atoms with van der Waals surface area (Å²) in [6.45, 7) is 0. The molecule has 252 valence electrons. The maximum Gasteiger partial charge on any atom is 0.0549 e. The van der Waals surface area contributed by atoms with Crippen LogP contribution < -0.4 is 0 Å². The number of benzene rings is 9. The predicted molar refractivity (Wildman–Crippen MR) is 229 cm³/mol. The summed E-state index contributed by atoms with van der Waals surface area (Å²) in [7, 11) is 0. The van der Waals surface area contributed by atoms with Gasteiger partial charge in [-0.3, -0.25) is 0 Å². The average Bonchev–Trinajstić information content (AvgIpc) is 3.77. The van der Waals surface area contributed by atoms with Crippen molar-refractivity contribution in [3.05, 3.63) is 206 Å².